The largest absolute Gasteiger partial charge is 0.475 e. The van der Waals surface area contributed by atoms with Gasteiger partial charge in [0.05, 0.1) is 0 Å². The summed E-state index contributed by atoms with van der Waals surface area (Å²) >= 11 is 0. The number of H-pyrrole nitrogens is 1. The zero-order valence-electron chi connectivity index (χ0n) is 10.4. The number of hydrogen-bond acceptors (Lipinski definition) is 2. The van der Waals surface area contributed by atoms with Crippen LogP contribution in [-0.2, 0) is 5.41 Å². The second-order valence-electron chi connectivity index (χ2n) is 5.04. The molecule has 2 aromatic rings. The monoisotopic (exact) mass is 236 g/mol. The van der Waals surface area contributed by atoms with Gasteiger partial charge >= 0.3 is 0 Å². The Labute approximate surface area is 100 Å². The van der Waals surface area contributed by atoms with Gasteiger partial charge in [0, 0.05) is 17.1 Å². The fraction of sp³-hybridized carbons (Fsp3) is 0.462. The van der Waals surface area contributed by atoms with Gasteiger partial charge in [-0.3, -0.25) is 0 Å². The van der Waals surface area contributed by atoms with Gasteiger partial charge in [-0.15, -0.1) is 0 Å². The molecule has 0 bridgehead atoms. The van der Waals surface area contributed by atoms with E-state index in [4.69, 9.17) is 4.74 Å². The molecule has 0 aliphatic rings. The summed E-state index contributed by atoms with van der Waals surface area (Å²) in [5.74, 6) is 0.519. The van der Waals surface area contributed by atoms with Gasteiger partial charge in [-0.1, -0.05) is 20.8 Å². The van der Waals surface area contributed by atoms with Crippen molar-refractivity contribution in [3.63, 3.8) is 0 Å². The molecule has 0 saturated carbocycles. The van der Waals surface area contributed by atoms with Crippen molar-refractivity contribution in [2.75, 3.05) is 13.3 Å². The number of ether oxygens (including phenoxy) is 1. The van der Waals surface area contributed by atoms with Gasteiger partial charge in [-0.05, 0) is 17.5 Å². The van der Waals surface area contributed by atoms with E-state index in [9.17, 15) is 4.39 Å². The van der Waals surface area contributed by atoms with E-state index in [0.717, 1.165) is 16.6 Å². The predicted molar refractivity (Wildman–Crippen MR) is 66.3 cm³/mol. The molecule has 0 fully saturated rings. The zero-order valence-corrected chi connectivity index (χ0v) is 10.4. The van der Waals surface area contributed by atoms with E-state index in [-0.39, 0.29) is 12.0 Å². The zero-order chi connectivity index (χ0) is 12.5. The van der Waals surface area contributed by atoms with Gasteiger partial charge in [-0.2, -0.15) is 4.98 Å². The Bertz CT molecular complexity index is 514. The molecule has 0 radical (unpaired) electrons. The van der Waals surface area contributed by atoms with Crippen LogP contribution in [-0.4, -0.2) is 23.2 Å². The highest BCUT2D eigenvalue weighted by molar-refractivity contribution is 5.77. The first-order chi connectivity index (χ1) is 8.02. The SMILES string of the molecule is CC(C)(C)c1cc2cc[nH]c2nc1OCCF. The third-order valence-electron chi connectivity index (χ3n) is 2.62. The molecule has 92 valence electrons. The molecule has 17 heavy (non-hydrogen) atoms. The summed E-state index contributed by atoms with van der Waals surface area (Å²) in [6.07, 6.45) is 1.84. The van der Waals surface area contributed by atoms with Gasteiger partial charge in [0.2, 0.25) is 5.88 Å². The number of nitrogens with zero attached hydrogens (tertiary/aromatic N) is 1. The van der Waals surface area contributed by atoms with Gasteiger partial charge in [-0.25, -0.2) is 4.39 Å². The van der Waals surface area contributed by atoms with E-state index < -0.39 is 6.67 Å². The fourth-order valence-electron chi connectivity index (χ4n) is 1.75. The van der Waals surface area contributed by atoms with Gasteiger partial charge < -0.3 is 9.72 Å². The van der Waals surface area contributed by atoms with Crippen LogP contribution in [0.25, 0.3) is 11.0 Å². The van der Waals surface area contributed by atoms with Gasteiger partial charge in [0.15, 0.2) is 0 Å². The third kappa shape index (κ3) is 2.40. The lowest BCUT2D eigenvalue weighted by molar-refractivity contribution is 0.259. The number of nitrogens with one attached hydrogen (secondary N) is 1. The number of pyridine rings is 1. The van der Waals surface area contributed by atoms with Crippen LogP contribution in [0.4, 0.5) is 4.39 Å². The lowest BCUT2D eigenvalue weighted by atomic mass is 9.87. The Morgan fingerprint density at radius 1 is 1.41 bits per heavy atom. The third-order valence-corrected chi connectivity index (χ3v) is 2.62. The van der Waals surface area contributed by atoms with Crippen molar-refractivity contribution in [3.05, 3.63) is 23.9 Å². The second-order valence-corrected chi connectivity index (χ2v) is 5.04. The van der Waals surface area contributed by atoms with Gasteiger partial charge in [0.25, 0.3) is 0 Å². The Hall–Kier alpha value is -1.58. The summed E-state index contributed by atoms with van der Waals surface area (Å²) in [7, 11) is 0. The summed E-state index contributed by atoms with van der Waals surface area (Å²) in [5.41, 5.74) is 1.69. The fourth-order valence-corrected chi connectivity index (χ4v) is 1.75. The molecule has 3 nitrogen and oxygen atoms in total. The van der Waals surface area contributed by atoms with E-state index in [1.165, 1.54) is 0 Å². The van der Waals surface area contributed by atoms with Crippen molar-refractivity contribution in [1.82, 2.24) is 9.97 Å². The number of aromatic nitrogens is 2. The second kappa shape index (κ2) is 4.35. The smallest absolute Gasteiger partial charge is 0.219 e. The molecule has 1 N–H and O–H groups in total. The summed E-state index contributed by atoms with van der Waals surface area (Å²) < 4.78 is 17.6. The molecule has 0 unspecified atom stereocenters. The molecular formula is C13H17FN2O. The maximum atomic E-state index is 12.2. The molecule has 0 aliphatic heterocycles. The van der Waals surface area contributed by atoms with Gasteiger partial charge in [0.1, 0.15) is 18.9 Å². The number of fused-ring (bicyclic) bond motifs is 1. The standard InChI is InChI=1S/C13H17FN2O/c1-13(2,3)10-8-9-4-6-15-11(9)16-12(10)17-7-5-14/h4,6,8H,5,7H2,1-3H3,(H,15,16). The average molecular weight is 236 g/mol. The summed E-state index contributed by atoms with van der Waals surface area (Å²) in [6, 6.07) is 4.02. The molecule has 0 aromatic carbocycles. The van der Waals surface area contributed by atoms with Crippen molar-refractivity contribution in [1.29, 1.82) is 0 Å². The van der Waals surface area contributed by atoms with Crippen LogP contribution in [0.2, 0.25) is 0 Å². The highest BCUT2D eigenvalue weighted by Gasteiger charge is 2.21. The molecule has 0 atom stereocenters. The van der Waals surface area contributed by atoms with E-state index in [1.54, 1.807) is 0 Å². The van der Waals surface area contributed by atoms with Crippen molar-refractivity contribution >= 4 is 11.0 Å². The van der Waals surface area contributed by atoms with Crippen LogP contribution >= 0.6 is 0 Å². The maximum Gasteiger partial charge on any atom is 0.219 e. The van der Waals surface area contributed by atoms with Crippen LogP contribution in [0.15, 0.2) is 18.3 Å². The number of rotatable bonds is 3. The van der Waals surface area contributed by atoms with Crippen molar-refractivity contribution in [3.8, 4) is 5.88 Å². The molecule has 0 aliphatic carbocycles. The summed E-state index contributed by atoms with van der Waals surface area (Å²) in [6.45, 7) is 5.80. The minimum absolute atomic E-state index is 0.0439. The molecule has 0 amide bonds. The first-order valence-electron chi connectivity index (χ1n) is 5.70. The minimum Gasteiger partial charge on any atom is -0.475 e. The van der Waals surface area contributed by atoms with E-state index in [2.05, 4.69) is 30.7 Å². The minimum atomic E-state index is -0.506. The van der Waals surface area contributed by atoms with Crippen LogP contribution < -0.4 is 4.74 Å². The molecule has 0 spiro atoms. The van der Waals surface area contributed by atoms with Crippen LogP contribution in [0.3, 0.4) is 0 Å². The van der Waals surface area contributed by atoms with Crippen molar-refractivity contribution < 1.29 is 9.13 Å². The Morgan fingerprint density at radius 2 is 2.18 bits per heavy atom. The lowest BCUT2D eigenvalue weighted by Crippen LogP contribution is -2.15. The van der Waals surface area contributed by atoms with Crippen molar-refractivity contribution in [2.24, 2.45) is 0 Å². The predicted octanol–water partition coefficient (Wildman–Crippen LogP) is 3.21. The van der Waals surface area contributed by atoms with E-state index in [0.29, 0.717) is 5.88 Å². The van der Waals surface area contributed by atoms with Crippen molar-refractivity contribution in [2.45, 2.75) is 26.2 Å². The summed E-state index contributed by atoms with van der Waals surface area (Å²) in [4.78, 5) is 7.42. The average Bonchev–Trinajstić information content (AvgIpc) is 2.70. The summed E-state index contributed by atoms with van der Waals surface area (Å²) in [5, 5.41) is 1.04. The molecular weight excluding hydrogens is 219 g/mol. The first kappa shape index (κ1) is 11.9. The number of halogens is 1. The molecule has 0 saturated heterocycles. The highest BCUT2D eigenvalue weighted by Crippen LogP contribution is 2.32. The Kier molecular flexibility index (Phi) is 3.05. The molecule has 2 heterocycles. The Balaban J connectivity index is 2.51. The quantitative estimate of drug-likeness (QED) is 0.888. The molecule has 2 rings (SSSR count). The topological polar surface area (TPSA) is 37.9 Å². The highest BCUT2D eigenvalue weighted by atomic mass is 19.1. The number of alkyl halides is 1. The molecule has 4 heteroatoms. The van der Waals surface area contributed by atoms with E-state index in [1.807, 2.05) is 18.3 Å². The van der Waals surface area contributed by atoms with E-state index >= 15 is 0 Å². The lowest BCUT2D eigenvalue weighted by Gasteiger charge is -2.21. The van der Waals surface area contributed by atoms with Crippen LogP contribution in [0, 0.1) is 0 Å². The number of hydrogen-bond donors (Lipinski definition) is 1. The Morgan fingerprint density at radius 3 is 2.82 bits per heavy atom. The first-order valence-corrected chi connectivity index (χ1v) is 5.70. The maximum absolute atomic E-state index is 12.2. The number of aromatic amines is 1. The van der Waals surface area contributed by atoms with Crippen LogP contribution in [0.5, 0.6) is 5.88 Å². The molecule has 2 aromatic heterocycles. The van der Waals surface area contributed by atoms with Crippen LogP contribution in [0.1, 0.15) is 26.3 Å². The normalized spacial score (nSPS) is 12.0.